The van der Waals surface area contributed by atoms with Crippen molar-refractivity contribution < 1.29 is 31.8 Å². The van der Waals surface area contributed by atoms with E-state index in [0.29, 0.717) is 24.5 Å². The van der Waals surface area contributed by atoms with Gasteiger partial charge in [-0.25, -0.2) is 22.5 Å². The Bertz CT molecular complexity index is 2510. The van der Waals surface area contributed by atoms with Crippen molar-refractivity contribution in [1.29, 1.82) is 0 Å². The minimum Gasteiger partial charge on any atom is -0.489 e. The summed E-state index contributed by atoms with van der Waals surface area (Å²) in [6.07, 6.45) is 5.15. The number of H-pyrrole nitrogens is 1. The summed E-state index contributed by atoms with van der Waals surface area (Å²) in [7, 11) is -4.42. The van der Waals surface area contributed by atoms with E-state index in [1.807, 2.05) is 24.3 Å². The highest BCUT2D eigenvalue weighted by atomic mass is 35.5. The summed E-state index contributed by atoms with van der Waals surface area (Å²) in [5, 5.41) is 0.694. The van der Waals surface area contributed by atoms with Crippen LogP contribution in [0.4, 0.5) is 10.1 Å². The summed E-state index contributed by atoms with van der Waals surface area (Å²) in [4.78, 5) is 25.8. The topological polar surface area (TPSA) is 126 Å². The van der Waals surface area contributed by atoms with Crippen molar-refractivity contribution in [1.82, 2.24) is 19.6 Å². The van der Waals surface area contributed by atoms with Gasteiger partial charge in [-0.3, -0.25) is 9.69 Å². The predicted octanol–water partition coefficient (Wildman–Crippen LogP) is 9.46. The van der Waals surface area contributed by atoms with Crippen molar-refractivity contribution in [2.45, 2.75) is 56.5 Å². The van der Waals surface area contributed by atoms with Crippen LogP contribution in [0.1, 0.15) is 61.9 Å². The van der Waals surface area contributed by atoms with Crippen LogP contribution >= 0.6 is 23.2 Å². The van der Waals surface area contributed by atoms with Crippen LogP contribution in [0.5, 0.6) is 17.2 Å². The SMILES string of the molecule is CC1(C)CCC(CN2CCN(c3ccc(C(=O)NS(=O)(=O)c4ccc(OCC5(F)CCOCC5)c(Cl)c4)c(Oc4cccc5[nH]cnc45)c3)CC2)=C(c2ccc(Cl)cc2)C1. The normalized spacial score (nSPS) is 18.4. The lowest BCUT2D eigenvalue weighted by molar-refractivity contribution is -0.0323. The largest absolute Gasteiger partial charge is 0.489 e. The first-order valence-electron chi connectivity index (χ1n) is 20.2. The van der Waals surface area contributed by atoms with E-state index in [0.717, 1.165) is 68.2 Å². The average molecular weight is 877 g/mol. The number of piperazine rings is 1. The molecule has 3 aliphatic rings. The van der Waals surface area contributed by atoms with Crippen molar-refractivity contribution in [3.63, 3.8) is 0 Å². The molecule has 2 N–H and O–H groups in total. The third kappa shape index (κ3) is 9.61. The van der Waals surface area contributed by atoms with E-state index in [1.165, 1.54) is 34.9 Å². The molecule has 1 aliphatic carbocycles. The number of allylic oxidation sites excluding steroid dienone is 1. The number of nitrogens with one attached hydrogen (secondary N) is 2. The first-order chi connectivity index (χ1) is 28.7. The molecule has 1 aromatic heterocycles. The van der Waals surface area contributed by atoms with E-state index in [9.17, 15) is 13.2 Å². The van der Waals surface area contributed by atoms with E-state index < -0.39 is 21.6 Å². The maximum absolute atomic E-state index is 15.1. The third-order valence-corrected chi connectivity index (χ3v) is 13.6. The number of hydrogen-bond donors (Lipinski definition) is 2. The number of amides is 1. The van der Waals surface area contributed by atoms with Crippen molar-refractivity contribution in [3.8, 4) is 17.2 Å². The molecular formula is C45H48Cl2FN5O6S. The lowest BCUT2D eigenvalue weighted by Crippen LogP contribution is -2.47. The Balaban J connectivity index is 0.994. The molecule has 4 aromatic carbocycles. The number of nitrogens with zero attached hydrogens (tertiary/aromatic N) is 3. The summed E-state index contributed by atoms with van der Waals surface area (Å²) in [6, 6.07) is 22.5. The molecule has 1 amide bonds. The van der Waals surface area contributed by atoms with Crippen LogP contribution in [0.25, 0.3) is 16.6 Å². The fraction of sp³-hybridized carbons (Fsp3) is 0.378. The summed E-state index contributed by atoms with van der Waals surface area (Å²) >= 11 is 12.6. The van der Waals surface area contributed by atoms with Gasteiger partial charge in [-0.1, -0.05) is 60.8 Å². The molecule has 60 heavy (non-hydrogen) atoms. The van der Waals surface area contributed by atoms with E-state index in [4.69, 9.17) is 37.4 Å². The molecule has 316 valence electrons. The number of carbonyl (C=O) groups excluding carboxylic acids is 1. The van der Waals surface area contributed by atoms with E-state index in [1.54, 1.807) is 30.6 Å². The quantitative estimate of drug-likeness (QED) is 0.126. The molecule has 0 unspecified atom stereocenters. The monoisotopic (exact) mass is 875 g/mol. The summed E-state index contributed by atoms with van der Waals surface area (Å²) in [5.41, 5.74) is 4.93. The van der Waals surface area contributed by atoms with Crippen LogP contribution in [-0.2, 0) is 14.8 Å². The molecule has 3 heterocycles. The number of fused-ring (bicyclic) bond motifs is 1. The van der Waals surface area contributed by atoms with E-state index in [2.05, 4.69) is 50.5 Å². The number of alkyl halides is 1. The Labute approximate surface area is 359 Å². The number of imidazole rings is 1. The van der Waals surface area contributed by atoms with Crippen LogP contribution in [-0.4, -0.2) is 87.4 Å². The highest BCUT2D eigenvalue weighted by Crippen LogP contribution is 2.44. The smallest absolute Gasteiger partial charge is 0.268 e. The second kappa shape index (κ2) is 17.4. The molecule has 0 bridgehead atoms. The molecule has 0 saturated carbocycles. The number of anilines is 1. The molecular weight excluding hydrogens is 828 g/mol. The number of benzene rings is 4. The number of aromatic amines is 1. The van der Waals surface area contributed by atoms with E-state index >= 15 is 4.39 Å². The minimum atomic E-state index is -4.42. The van der Waals surface area contributed by atoms with Crippen molar-refractivity contribution in [2.75, 3.05) is 57.4 Å². The van der Waals surface area contributed by atoms with Crippen LogP contribution < -0.4 is 19.1 Å². The molecule has 2 saturated heterocycles. The van der Waals surface area contributed by atoms with Crippen molar-refractivity contribution in [2.24, 2.45) is 5.41 Å². The second-order valence-electron chi connectivity index (χ2n) is 16.6. The van der Waals surface area contributed by atoms with Crippen molar-refractivity contribution >= 4 is 61.4 Å². The Morgan fingerprint density at radius 2 is 1.70 bits per heavy atom. The van der Waals surface area contributed by atoms with Crippen LogP contribution in [0.3, 0.4) is 0 Å². The predicted molar refractivity (Wildman–Crippen MR) is 233 cm³/mol. The molecule has 15 heteroatoms. The molecule has 8 rings (SSSR count). The number of hydrogen-bond acceptors (Lipinski definition) is 9. The van der Waals surface area contributed by atoms with Crippen LogP contribution in [0, 0.1) is 5.41 Å². The molecule has 5 aromatic rings. The first kappa shape index (κ1) is 42.0. The molecule has 11 nitrogen and oxygen atoms in total. The number of halogens is 3. The number of aromatic nitrogens is 2. The Kier molecular flexibility index (Phi) is 12.2. The highest BCUT2D eigenvalue weighted by molar-refractivity contribution is 7.90. The zero-order valence-electron chi connectivity index (χ0n) is 33.6. The van der Waals surface area contributed by atoms with Gasteiger partial charge in [0.05, 0.1) is 27.3 Å². The second-order valence-corrected chi connectivity index (χ2v) is 19.1. The summed E-state index contributed by atoms with van der Waals surface area (Å²) < 4.78 is 61.8. The fourth-order valence-electron chi connectivity index (χ4n) is 8.11. The van der Waals surface area contributed by atoms with Crippen molar-refractivity contribution in [3.05, 3.63) is 112 Å². The first-order valence-corrected chi connectivity index (χ1v) is 22.4. The Morgan fingerprint density at radius 1 is 0.933 bits per heavy atom. The van der Waals surface area contributed by atoms with Gasteiger partial charge in [0.15, 0.2) is 5.75 Å². The maximum atomic E-state index is 15.1. The number of ether oxygens (including phenoxy) is 3. The number of rotatable bonds is 12. The van der Waals surface area contributed by atoms with Gasteiger partial charge in [0.2, 0.25) is 0 Å². The third-order valence-electron chi connectivity index (χ3n) is 11.7. The van der Waals surface area contributed by atoms with Crippen LogP contribution in [0.2, 0.25) is 10.0 Å². The molecule has 0 radical (unpaired) electrons. The number of carbonyl (C=O) groups is 1. The zero-order valence-corrected chi connectivity index (χ0v) is 35.9. The molecule has 2 aliphatic heterocycles. The Morgan fingerprint density at radius 3 is 2.45 bits per heavy atom. The van der Waals surface area contributed by atoms with Gasteiger partial charge < -0.3 is 24.1 Å². The Hall–Kier alpha value is -4.66. The minimum absolute atomic E-state index is 0.00569. The van der Waals surface area contributed by atoms with E-state index in [-0.39, 0.29) is 51.8 Å². The number of sulfonamides is 1. The zero-order chi connectivity index (χ0) is 42.1. The molecule has 2 fully saturated rings. The van der Waals surface area contributed by atoms with Crippen LogP contribution in [0.15, 0.2) is 95.7 Å². The lowest BCUT2D eigenvalue weighted by Gasteiger charge is -2.39. The van der Waals surface area contributed by atoms with Gasteiger partial charge in [0.1, 0.15) is 29.3 Å². The van der Waals surface area contributed by atoms with Gasteiger partial charge in [0, 0.05) is 75.6 Å². The molecule has 0 atom stereocenters. The van der Waals surface area contributed by atoms with Gasteiger partial charge in [-0.05, 0) is 90.4 Å². The number of para-hydroxylation sites is 1. The lowest BCUT2D eigenvalue weighted by atomic mass is 9.72. The van der Waals surface area contributed by atoms with Gasteiger partial charge in [-0.15, -0.1) is 0 Å². The van der Waals surface area contributed by atoms with Gasteiger partial charge >= 0.3 is 0 Å². The summed E-state index contributed by atoms with van der Waals surface area (Å²) in [6.45, 7) is 9.06. The highest BCUT2D eigenvalue weighted by Gasteiger charge is 2.34. The van der Waals surface area contributed by atoms with Gasteiger partial charge in [0.25, 0.3) is 15.9 Å². The summed E-state index contributed by atoms with van der Waals surface area (Å²) in [5.74, 6) is -0.212. The molecule has 0 spiro atoms. The maximum Gasteiger partial charge on any atom is 0.268 e. The fourth-order valence-corrected chi connectivity index (χ4v) is 9.53. The average Bonchev–Trinajstić information content (AvgIpc) is 3.72. The van der Waals surface area contributed by atoms with Gasteiger partial charge in [-0.2, -0.15) is 0 Å². The standard InChI is InChI=1S/C45H48Cl2FN5O6S/c1-44(2)15-14-31(36(26-44)30-6-8-32(46)9-7-30)27-52-18-20-53(21-19-52)33-10-12-35(41(24-33)59-40-5-3-4-38-42(40)50-29-49-38)43(54)51-60(55,56)34-11-13-39(37(47)25-34)58-28-45(48)16-22-57-23-17-45/h3-13,24-25,29H,14-23,26-28H2,1-2H3,(H,49,50)(H,51,54).